The molecule has 1 aliphatic rings. The number of fused-ring (bicyclic) bond motifs is 1. The lowest BCUT2D eigenvalue weighted by Gasteiger charge is -2.17. The van der Waals surface area contributed by atoms with Crippen LogP contribution in [0.2, 0.25) is 0 Å². The van der Waals surface area contributed by atoms with Crippen LogP contribution < -0.4 is 0 Å². The molecule has 0 fully saturated rings. The summed E-state index contributed by atoms with van der Waals surface area (Å²) in [6.45, 7) is -3.31. The summed E-state index contributed by atoms with van der Waals surface area (Å²) in [5.41, 5.74) is 0.718. The Morgan fingerprint density at radius 3 is 2.00 bits per heavy atom. The van der Waals surface area contributed by atoms with Gasteiger partial charge in [0, 0.05) is 14.2 Å². The molecular weight excluding hydrogens is 289 g/mol. The monoisotopic (exact) mass is 301 g/mol. The summed E-state index contributed by atoms with van der Waals surface area (Å²) in [4.78, 5) is 25.1. The van der Waals surface area contributed by atoms with Crippen LogP contribution in [0.25, 0.3) is 0 Å². The van der Waals surface area contributed by atoms with Gasteiger partial charge in [0.1, 0.15) is 0 Å². The summed E-state index contributed by atoms with van der Waals surface area (Å²) >= 11 is 0.795. The summed E-state index contributed by atoms with van der Waals surface area (Å²) in [7, 11) is 2.50. The highest BCUT2D eigenvalue weighted by atomic mass is 32.7. The van der Waals surface area contributed by atoms with E-state index in [1.165, 1.54) is 14.2 Å². The number of carbonyl (C=O) groups is 2. The Balaban J connectivity index is 2.15. The van der Waals surface area contributed by atoms with Crippen LogP contribution in [0, 0.1) is 0 Å². The quantitative estimate of drug-likeness (QED) is 0.614. The lowest BCUT2D eigenvalue weighted by atomic mass is 10.1. The van der Waals surface area contributed by atoms with Gasteiger partial charge in [0.05, 0.1) is 17.0 Å². The number of benzene rings is 1. The highest BCUT2D eigenvalue weighted by Crippen LogP contribution is 2.59. The molecule has 0 saturated carbocycles. The zero-order valence-corrected chi connectivity index (χ0v) is 12.1. The second-order valence-electron chi connectivity index (χ2n) is 3.65. The van der Waals surface area contributed by atoms with Gasteiger partial charge in [-0.05, 0) is 23.5 Å². The van der Waals surface area contributed by atoms with Crippen molar-refractivity contribution >= 4 is 30.0 Å². The predicted molar refractivity (Wildman–Crippen MR) is 71.0 cm³/mol. The van der Waals surface area contributed by atoms with E-state index in [1.54, 1.807) is 24.3 Å². The Hall–Kier alpha value is -1.14. The Labute approximate surface area is 114 Å². The van der Waals surface area contributed by atoms with E-state index >= 15 is 0 Å². The number of rotatable bonds is 5. The van der Waals surface area contributed by atoms with E-state index in [1.807, 2.05) is 0 Å². The van der Waals surface area contributed by atoms with Gasteiger partial charge in [0.25, 0.3) is 11.8 Å². The maximum atomic E-state index is 12.0. The standard InChI is InChI=1S/C11H12NO5PS/c1-16-18(15,17-2)19-7-12-10(13)8-5-3-4-6-9(8)11(12)14/h3-6H,7H2,1-2H3. The number of nitrogens with zero attached hydrogens (tertiary/aromatic N) is 1. The fraction of sp³-hybridized carbons (Fsp3) is 0.273. The van der Waals surface area contributed by atoms with Gasteiger partial charge in [-0.1, -0.05) is 12.1 Å². The van der Waals surface area contributed by atoms with Crippen molar-refractivity contribution in [3.05, 3.63) is 35.4 Å². The van der Waals surface area contributed by atoms with Crippen LogP contribution in [0.5, 0.6) is 0 Å². The van der Waals surface area contributed by atoms with Gasteiger partial charge in [0.2, 0.25) is 0 Å². The van der Waals surface area contributed by atoms with Crippen molar-refractivity contribution in [1.29, 1.82) is 0 Å². The lowest BCUT2D eigenvalue weighted by molar-refractivity contribution is 0.0684. The third kappa shape index (κ3) is 2.60. The van der Waals surface area contributed by atoms with Gasteiger partial charge >= 0.3 is 6.80 Å². The molecule has 0 atom stereocenters. The first kappa shape index (κ1) is 14.3. The molecular formula is C11H12NO5PS. The highest BCUT2D eigenvalue weighted by molar-refractivity contribution is 8.55. The van der Waals surface area contributed by atoms with Crippen molar-refractivity contribution in [3.63, 3.8) is 0 Å². The molecule has 1 heterocycles. The van der Waals surface area contributed by atoms with Crippen molar-refractivity contribution < 1.29 is 23.2 Å². The van der Waals surface area contributed by atoms with Crippen LogP contribution >= 0.6 is 18.2 Å². The molecule has 1 aromatic carbocycles. The van der Waals surface area contributed by atoms with Gasteiger partial charge in [-0.3, -0.25) is 14.5 Å². The number of hydrogen-bond donors (Lipinski definition) is 0. The van der Waals surface area contributed by atoms with E-state index in [0.29, 0.717) is 11.1 Å². The molecule has 0 unspecified atom stereocenters. The maximum absolute atomic E-state index is 12.0. The molecule has 2 amide bonds. The second-order valence-corrected chi connectivity index (χ2v) is 7.91. The average molecular weight is 301 g/mol. The molecule has 0 aliphatic carbocycles. The van der Waals surface area contributed by atoms with Gasteiger partial charge in [-0.2, -0.15) is 0 Å². The van der Waals surface area contributed by atoms with Gasteiger partial charge < -0.3 is 9.05 Å². The Bertz CT molecular complexity index is 533. The van der Waals surface area contributed by atoms with Crippen molar-refractivity contribution in [2.75, 3.05) is 20.1 Å². The average Bonchev–Trinajstić information content (AvgIpc) is 2.69. The molecule has 102 valence electrons. The topological polar surface area (TPSA) is 72.9 Å². The van der Waals surface area contributed by atoms with Crippen LogP contribution in [0.1, 0.15) is 20.7 Å². The first-order chi connectivity index (χ1) is 9.02. The van der Waals surface area contributed by atoms with E-state index in [-0.39, 0.29) is 5.88 Å². The van der Waals surface area contributed by atoms with Gasteiger partial charge in [-0.15, -0.1) is 0 Å². The Morgan fingerprint density at radius 2 is 1.58 bits per heavy atom. The van der Waals surface area contributed by atoms with Crippen LogP contribution in [0.15, 0.2) is 24.3 Å². The summed E-state index contributed by atoms with van der Waals surface area (Å²) in [5, 5.41) is 0. The van der Waals surface area contributed by atoms with E-state index in [9.17, 15) is 14.2 Å². The minimum Gasteiger partial charge on any atom is -0.304 e. The molecule has 0 saturated heterocycles. The summed E-state index contributed by atoms with van der Waals surface area (Å²) in [6, 6.07) is 6.56. The molecule has 1 aliphatic heterocycles. The van der Waals surface area contributed by atoms with E-state index < -0.39 is 18.6 Å². The largest absolute Gasteiger partial charge is 0.390 e. The minimum absolute atomic E-state index is 0.0781. The normalized spacial score (nSPS) is 14.9. The summed E-state index contributed by atoms with van der Waals surface area (Å²) in [6.07, 6.45) is 0. The van der Waals surface area contributed by atoms with Crippen LogP contribution in [-0.4, -0.2) is 36.8 Å². The molecule has 0 spiro atoms. The van der Waals surface area contributed by atoms with Crippen LogP contribution in [-0.2, 0) is 13.6 Å². The first-order valence-corrected chi connectivity index (χ1v) is 8.47. The molecule has 1 aromatic rings. The minimum atomic E-state index is -3.31. The van der Waals surface area contributed by atoms with Crippen LogP contribution in [0.3, 0.4) is 0 Å². The molecule has 2 rings (SSSR count). The molecule has 0 radical (unpaired) electrons. The van der Waals surface area contributed by atoms with Crippen molar-refractivity contribution in [1.82, 2.24) is 4.90 Å². The van der Waals surface area contributed by atoms with Crippen LogP contribution in [0.4, 0.5) is 0 Å². The first-order valence-electron chi connectivity index (χ1n) is 5.33. The predicted octanol–water partition coefficient (Wildman–Crippen LogP) is 2.37. The fourth-order valence-corrected chi connectivity index (χ4v) is 3.92. The maximum Gasteiger partial charge on any atom is 0.390 e. The summed E-state index contributed by atoms with van der Waals surface area (Å²) in [5.74, 6) is -0.871. The smallest absolute Gasteiger partial charge is 0.304 e. The van der Waals surface area contributed by atoms with Crippen molar-refractivity contribution in [2.24, 2.45) is 0 Å². The molecule has 0 bridgehead atoms. The van der Waals surface area contributed by atoms with Crippen molar-refractivity contribution in [2.45, 2.75) is 0 Å². The van der Waals surface area contributed by atoms with E-state index in [0.717, 1.165) is 16.3 Å². The number of amides is 2. The number of hydrogen-bond acceptors (Lipinski definition) is 6. The fourth-order valence-electron chi connectivity index (χ4n) is 1.66. The summed E-state index contributed by atoms with van der Waals surface area (Å²) < 4.78 is 21.3. The Morgan fingerprint density at radius 1 is 1.11 bits per heavy atom. The van der Waals surface area contributed by atoms with E-state index in [4.69, 9.17) is 9.05 Å². The van der Waals surface area contributed by atoms with E-state index in [2.05, 4.69) is 0 Å². The molecule has 8 heteroatoms. The molecule has 0 N–H and O–H groups in total. The Kier molecular flexibility index (Phi) is 4.10. The molecule has 6 nitrogen and oxygen atoms in total. The second kappa shape index (κ2) is 5.46. The van der Waals surface area contributed by atoms with Gasteiger partial charge in [0.15, 0.2) is 0 Å². The SMILES string of the molecule is COP(=O)(OC)SCN1C(=O)c2ccccc2C1=O. The highest BCUT2D eigenvalue weighted by Gasteiger charge is 2.37. The number of imide groups is 1. The lowest BCUT2D eigenvalue weighted by Crippen LogP contribution is -2.29. The van der Waals surface area contributed by atoms with Crippen molar-refractivity contribution in [3.8, 4) is 0 Å². The molecule has 0 aromatic heterocycles. The zero-order valence-electron chi connectivity index (χ0n) is 10.4. The number of carbonyl (C=O) groups excluding carboxylic acids is 2. The van der Waals surface area contributed by atoms with Gasteiger partial charge in [-0.25, -0.2) is 4.57 Å². The third-order valence-corrected chi connectivity index (χ3v) is 6.44. The zero-order chi connectivity index (χ0) is 14.0. The third-order valence-electron chi connectivity index (χ3n) is 2.67. The molecule has 19 heavy (non-hydrogen) atoms.